The summed E-state index contributed by atoms with van der Waals surface area (Å²) in [6.07, 6.45) is 3.18. The number of aromatic nitrogens is 3. The van der Waals surface area contributed by atoms with Gasteiger partial charge in [0.2, 0.25) is 5.91 Å². The molecule has 5 nitrogen and oxygen atoms in total. The number of rotatable bonds is 6. The zero-order valence-electron chi connectivity index (χ0n) is 15.7. The van der Waals surface area contributed by atoms with E-state index >= 15 is 0 Å². The Morgan fingerprint density at radius 1 is 1.15 bits per heavy atom. The van der Waals surface area contributed by atoms with Gasteiger partial charge >= 0.3 is 0 Å². The predicted octanol–water partition coefficient (Wildman–Crippen LogP) is 4.00. The average Bonchev–Trinajstić information content (AvgIpc) is 3.23. The van der Waals surface area contributed by atoms with Crippen molar-refractivity contribution in [2.75, 3.05) is 6.54 Å². The summed E-state index contributed by atoms with van der Waals surface area (Å²) in [7, 11) is 0. The first kappa shape index (κ1) is 17.3. The van der Waals surface area contributed by atoms with Crippen LogP contribution in [0.1, 0.15) is 31.3 Å². The van der Waals surface area contributed by atoms with Gasteiger partial charge in [0, 0.05) is 36.1 Å². The summed E-state index contributed by atoms with van der Waals surface area (Å²) >= 11 is 0. The normalized spacial score (nSPS) is 11.5. The van der Waals surface area contributed by atoms with Crippen LogP contribution in [0.5, 0.6) is 0 Å². The minimum absolute atomic E-state index is 0.0396. The molecule has 0 bridgehead atoms. The molecule has 0 aliphatic rings. The van der Waals surface area contributed by atoms with E-state index in [9.17, 15) is 4.79 Å². The summed E-state index contributed by atoms with van der Waals surface area (Å²) in [5.41, 5.74) is 4.23. The smallest absolute Gasteiger partial charge is 0.224 e. The fourth-order valence-electron chi connectivity index (χ4n) is 3.53. The van der Waals surface area contributed by atoms with Crippen LogP contribution < -0.4 is 5.32 Å². The first-order chi connectivity index (χ1) is 13.1. The molecule has 0 aliphatic carbocycles. The molecule has 2 aromatic carbocycles. The topological polar surface area (TPSA) is 62.7 Å². The molecule has 2 heterocycles. The fourth-order valence-corrected chi connectivity index (χ4v) is 3.53. The molecule has 0 fully saturated rings. The fraction of sp³-hybridized carbons (Fsp3) is 0.273. The number of aromatic amines is 1. The Morgan fingerprint density at radius 2 is 1.93 bits per heavy atom. The summed E-state index contributed by atoms with van der Waals surface area (Å²) < 4.78 is 2.23. The highest BCUT2D eigenvalue weighted by atomic mass is 16.1. The van der Waals surface area contributed by atoms with E-state index in [1.165, 1.54) is 5.52 Å². The largest absolute Gasteiger partial charge is 0.355 e. The summed E-state index contributed by atoms with van der Waals surface area (Å²) in [6, 6.07) is 16.6. The van der Waals surface area contributed by atoms with Crippen molar-refractivity contribution in [2.45, 2.75) is 32.7 Å². The van der Waals surface area contributed by atoms with Gasteiger partial charge < -0.3 is 14.9 Å². The van der Waals surface area contributed by atoms with Gasteiger partial charge in [-0.2, -0.15) is 0 Å². The van der Waals surface area contributed by atoms with E-state index in [2.05, 4.69) is 52.0 Å². The van der Waals surface area contributed by atoms with E-state index in [1.54, 1.807) is 0 Å². The highest BCUT2D eigenvalue weighted by Crippen LogP contribution is 2.24. The first-order valence-electron chi connectivity index (χ1n) is 9.40. The molecule has 2 N–H and O–H groups in total. The third-order valence-electron chi connectivity index (χ3n) is 4.85. The maximum absolute atomic E-state index is 12.4. The van der Waals surface area contributed by atoms with Crippen molar-refractivity contribution in [1.82, 2.24) is 19.9 Å². The molecule has 0 unspecified atom stereocenters. The van der Waals surface area contributed by atoms with Gasteiger partial charge in [0.05, 0.1) is 17.5 Å². The molecule has 0 radical (unpaired) electrons. The van der Waals surface area contributed by atoms with Crippen molar-refractivity contribution < 1.29 is 4.79 Å². The lowest BCUT2D eigenvalue weighted by molar-refractivity contribution is -0.120. The molecular formula is C22H24N4O. The van der Waals surface area contributed by atoms with Crippen LogP contribution >= 0.6 is 0 Å². The van der Waals surface area contributed by atoms with Crippen LogP contribution in [0.15, 0.2) is 54.7 Å². The zero-order valence-corrected chi connectivity index (χ0v) is 15.7. The predicted molar refractivity (Wildman–Crippen MR) is 109 cm³/mol. The molecule has 5 heteroatoms. The lowest BCUT2D eigenvalue weighted by Gasteiger charge is -2.08. The van der Waals surface area contributed by atoms with Gasteiger partial charge in [-0.3, -0.25) is 4.79 Å². The van der Waals surface area contributed by atoms with Gasteiger partial charge in [-0.15, -0.1) is 0 Å². The van der Waals surface area contributed by atoms with E-state index in [-0.39, 0.29) is 5.91 Å². The third-order valence-corrected chi connectivity index (χ3v) is 4.85. The molecule has 4 rings (SSSR count). The molecule has 2 aromatic heterocycles. The van der Waals surface area contributed by atoms with Gasteiger partial charge in [0.1, 0.15) is 5.82 Å². The van der Waals surface area contributed by atoms with Crippen LogP contribution in [0.4, 0.5) is 0 Å². The van der Waals surface area contributed by atoms with Crippen LogP contribution in [0.3, 0.4) is 0 Å². The number of carbonyl (C=O) groups excluding carboxylic acids is 1. The number of carbonyl (C=O) groups is 1. The van der Waals surface area contributed by atoms with Crippen LogP contribution in [-0.4, -0.2) is 27.0 Å². The maximum atomic E-state index is 12.4. The Hall–Kier alpha value is -3.08. The second kappa shape index (κ2) is 7.27. The van der Waals surface area contributed by atoms with Crippen LogP contribution in [-0.2, 0) is 17.6 Å². The lowest BCUT2D eigenvalue weighted by Crippen LogP contribution is -2.27. The standard InChI is InChI=1S/C22H24N4O/c1-15(2)26-14-16(17-7-3-6-10-20(17)26)13-22(27)23-12-11-21-24-18-8-4-5-9-19(18)25-21/h3-10,14-15H,11-13H2,1-2H3,(H,23,27)(H,24,25). The zero-order chi connectivity index (χ0) is 18.8. The second-order valence-corrected chi connectivity index (χ2v) is 7.15. The monoisotopic (exact) mass is 360 g/mol. The van der Waals surface area contributed by atoms with Gasteiger partial charge in [-0.1, -0.05) is 30.3 Å². The number of fused-ring (bicyclic) bond motifs is 2. The molecule has 138 valence electrons. The van der Waals surface area contributed by atoms with Crippen LogP contribution in [0.25, 0.3) is 21.9 Å². The summed E-state index contributed by atoms with van der Waals surface area (Å²) in [4.78, 5) is 20.3. The summed E-state index contributed by atoms with van der Waals surface area (Å²) in [6.45, 7) is 4.88. The van der Waals surface area contributed by atoms with E-state index in [1.807, 2.05) is 36.4 Å². The first-order valence-corrected chi connectivity index (χ1v) is 9.40. The Morgan fingerprint density at radius 3 is 2.74 bits per heavy atom. The second-order valence-electron chi connectivity index (χ2n) is 7.15. The molecule has 0 aliphatic heterocycles. The summed E-state index contributed by atoms with van der Waals surface area (Å²) in [5.74, 6) is 0.936. The quantitative estimate of drug-likeness (QED) is 0.546. The number of hydrogen-bond acceptors (Lipinski definition) is 2. The third kappa shape index (κ3) is 3.58. The molecule has 4 aromatic rings. The van der Waals surface area contributed by atoms with Crippen molar-refractivity contribution in [1.29, 1.82) is 0 Å². The molecule has 0 saturated carbocycles. The maximum Gasteiger partial charge on any atom is 0.224 e. The van der Waals surface area contributed by atoms with Crippen molar-refractivity contribution in [3.8, 4) is 0 Å². The number of hydrogen-bond donors (Lipinski definition) is 2. The minimum Gasteiger partial charge on any atom is -0.355 e. The van der Waals surface area contributed by atoms with E-state index in [0.717, 1.165) is 27.8 Å². The van der Waals surface area contributed by atoms with Crippen LogP contribution in [0.2, 0.25) is 0 Å². The molecule has 1 amide bonds. The van der Waals surface area contributed by atoms with E-state index in [4.69, 9.17) is 0 Å². The number of nitrogens with one attached hydrogen (secondary N) is 2. The Labute approximate surface area is 158 Å². The van der Waals surface area contributed by atoms with Crippen LogP contribution in [0, 0.1) is 0 Å². The number of benzene rings is 2. The van der Waals surface area contributed by atoms with Gasteiger partial charge in [0.25, 0.3) is 0 Å². The van der Waals surface area contributed by atoms with E-state index < -0.39 is 0 Å². The van der Waals surface area contributed by atoms with Gasteiger partial charge in [-0.05, 0) is 37.6 Å². The number of H-pyrrole nitrogens is 1. The Balaban J connectivity index is 1.40. The molecular weight excluding hydrogens is 336 g/mol. The summed E-state index contributed by atoms with van der Waals surface area (Å²) in [5, 5.41) is 4.17. The van der Waals surface area contributed by atoms with Crippen molar-refractivity contribution >= 4 is 27.8 Å². The number of nitrogens with zero attached hydrogens (tertiary/aromatic N) is 2. The van der Waals surface area contributed by atoms with Gasteiger partial charge in [-0.25, -0.2) is 4.98 Å². The Kier molecular flexibility index (Phi) is 4.67. The highest BCUT2D eigenvalue weighted by Gasteiger charge is 2.13. The number of para-hydroxylation sites is 3. The highest BCUT2D eigenvalue weighted by molar-refractivity contribution is 5.89. The Bertz CT molecular complexity index is 1060. The lowest BCUT2D eigenvalue weighted by atomic mass is 10.1. The molecule has 0 saturated heterocycles. The van der Waals surface area contributed by atoms with Crippen molar-refractivity contribution in [3.05, 3.63) is 66.1 Å². The molecule has 0 spiro atoms. The number of imidazole rings is 1. The van der Waals surface area contributed by atoms with Crippen molar-refractivity contribution in [3.63, 3.8) is 0 Å². The van der Waals surface area contributed by atoms with Gasteiger partial charge in [0.15, 0.2) is 0 Å². The SMILES string of the molecule is CC(C)n1cc(CC(=O)NCCc2nc3ccccc3[nH]2)c2ccccc21. The van der Waals surface area contributed by atoms with Crippen molar-refractivity contribution in [2.24, 2.45) is 0 Å². The average molecular weight is 360 g/mol. The minimum atomic E-state index is 0.0396. The molecule has 0 atom stereocenters. The number of amides is 1. The van der Waals surface area contributed by atoms with E-state index in [0.29, 0.717) is 25.4 Å². The molecule has 27 heavy (non-hydrogen) atoms.